The summed E-state index contributed by atoms with van der Waals surface area (Å²) < 4.78 is 47.8. The Bertz CT molecular complexity index is 1530. The van der Waals surface area contributed by atoms with Crippen molar-refractivity contribution in [3.63, 3.8) is 0 Å². The molecule has 11 nitrogen and oxygen atoms in total. The Morgan fingerprint density at radius 3 is 2.15 bits per heavy atom. The number of hydrogen-bond donors (Lipinski definition) is 0. The molecular formula is C27H27MgN5O6S. The molecular weight excluding hydrogens is 547 g/mol. The van der Waals surface area contributed by atoms with E-state index >= 15 is 0 Å². The van der Waals surface area contributed by atoms with Gasteiger partial charge in [0.15, 0.2) is 23.1 Å². The second-order valence-electron chi connectivity index (χ2n) is 9.22. The number of rotatable bonds is 10. The Morgan fingerprint density at radius 2 is 1.55 bits per heavy atom. The van der Waals surface area contributed by atoms with Crippen molar-refractivity contribution in [1.29, 1.82) is 0 Å². The minimum absolute atomic E-state index is 0. The Hall–Kier alpha value is -3.52. The summed E-state index contributed by atoms with van der Waals surface area (Å²) in [5, 5.41) is 11.3. The van der Waals surface area contributed by atoms with Gasteiger partial charge >= 0.3 is 23.1 Å². The maximum Gasteiger partial charge on any atom is 2.00 e. The summed E-state index contributed by atoms with van der Waals surface area (Å²) in [6.07, 6.45) is 2.96. The van der Waals surface area contributed by atoms with Gasteiger partial charge in [-0.15, -0.1) is 6.61 Å². The molecule has 0 saturated carbocycles. The zero-order chi connectivity index (χ0) is 28.0. The van der Waals surface area contributed by atoms with Crippen LogP contribution in [0.2, 0.25) is 0 Å². The molecule has 0 bridgehead atoms. The molecule has 0 saturated heterocycles. The maximum absolute atomic E-state index is 13.4. The molecule has 0 spiro atoms. The van der Waals surface area contributed by atoms with E-state index in [4.69, 9.17) is 14.2 Å². The molecule has 0 amide bonds. The molecule has 0 N–H and O–H groups in total. The molecule has 0 aliphatic carbocycles. The average Bonchev–Trinajstić information content (AvgIpc) is 2.93. The van der Waals surface area contributed by atoms with Gasteiger partial charge in [0, 0.05) is 18.2 Å². The second kappa shape index (κ2) is 13.2. The van der Waals surface area contributed by atoms with E-state index < -0.39 is 16.6 Å². The fraction of sp³-hybridized carbons (Fsp3) is 0.259. The van der Waals surface area contributed by atoms with Crippen LogP contribution in [0.1, 0.15) is 26.3 Å². The van der Waals surface area contributed by atoms with Gasteiger partial charge in [0.05, 0.1) is 18.6 Å². The van der Waals surface area contributed by atoms with Gasteiger partial charge in [0.25, 0.3) is 5.88 Å². The van der Waals surface area contributed by atoms with Crippen molar-refractivity contribution in [2.75, 3.05) is 20.3 Å². The predicted octanol–water partition coefficient (Wildman–Crippen LogP) is 3.78. The summed E-state index contributed by atoms with van der Waals surface area (Å²) in [5.74, 6) is -0.178. The van der Waals surface area contributed by atoms with E-state index in [1.165, 1.54) is 31.6 Å². The fourth-order valence-corrected chi connectivity index (χ4v) is 4.36. The SMILES string of the molecule is COc1ccccc1Oc1c([N-]S(=O)(=O)c2ccc(C(C)(C)C)cc2)nc(-c2ncccn2)nc1OCC[O-].[Mg+2]. The summed E-state index contributed by atoms with van der Waals surface area (Å²) in [6.45, 7) is 5.23. The predicted molar refractivity (Wildman–Crippen MR) is 148 cm³/mol. The van der Waals surface area contributed by atoms with Crippen LogP contribution in [-0.4, -0.2) is 71.7 Å². The van der Waals surface area contributed by atoms with Crippen LogP contribution in [0.25, 0.3) is 16.4 Å². The van der Waals surface area contributed by atoms with Gasteiger partial charge in [0.1, 0.15) is 5.82 Å². The van der Waals surface area contributed by atoms with Crippen LogP contribution in [0, 0.1) is 0 Å². The van der Waals surface area contributed by atoms with Gasteiger partial charge in [-0.1, -0.05) is 45.0 Å². The first-order chi connectivity index (χ1) is 18.6. The normalized spacial score (nSPS) is 11.3. The van der Waals surface area contributed by atoms with Crippen LogP contribution < -0.4 is 19.3 Å². The number of benzene rings is 2. The van der Waals surface area contributed by atoms with Gasteiger partial charge in [-0.05, 0) is 41.3 Å². The molecule has 204 valence electrons. The number of para-hydroxylation sites is 2. The molecule has 0 aliphatic rings. The molecule has 13 heteroatoms. The second-order valence-corrected chi connectivity index (χ2v) is 10.8. The third-order valence-corrected chi connectivity index (χ3v) is 6.69. The summed E-state index contributed by atoms with van der Waals surface area (Å²) in [5.41, 5.74) is 0.792. The van der Waals surface area contributed by atoms with E-state index in [1.807, 2.05) is 20.8 Å². The van der Waals surface area contributed by atoms with E-state index in [0.717, 1.165) is 5.56 Å². The van der Waals surface area contributed by atoms with Crippen molar-refractivity contribution in [3.8, 4) is 34.8 Å². The number of sulfonamides is 1. The minimum Gasteiger partial charge on any atom is -0.852 e. The summed E-state index contributed by atoms with van der Waals surface area (Å²) in [6, 6.07) is 14.8. The Morgan fingerprint density at radius 1 is 0.900 bits per heavy atom. The van der Waals surface area contributed by atoms with Crippen LogP contribution in [0.5, 0.6) is 23.1 Å². The quantitative estimate of drug-likeness (QED) is 0.256. The molecule has 0 fully saturated rings. The molecule has 0 aliphatic heterocycles. The average molecular weight is 574 g/mol. The number of methoxy groups -OCH3 is 1. The fourth-order valence-electron chi connectivity index (χ4n) is 3.43. The Labute approximate surface area is 249 Å². The zero-order valence-corrected chi connectivity index (χ0v) is 24.8. The van der Waals surface area contributed by atoms with Crippen molar-refractivity contribution in [3.05, 3.63) is 77.3 Å². The van der Waals surface area contributed by atoms with Crippen LogP contribution in [0.4, 0.5) is 5.82 Å². The van der Waals surface area contributed by atoms with Crippen LogP contribution in [-0.2, 0) is 15.4 Å². The standard InChI is InChI=1S/C27H27N5O6S.Mg/c1-27(2,3)18-10-12-19(13-11-18)39(34,35)32-23-22(38-21-9-6-5-8-20(21)36-4)26(37-17-16-33)31-25(30-23)24-28-14-7-15-29-24;/h5-15H,16-17H2,1-4H3;/q-2;+2. The van der Waals surface area contributed by atoms with Crippen LogP contribution in [0.15, 0.2) is 71.9 Å². The summed E-state index contributed by atoms with van der Waals surface area (Å²) >= 11 is 0. The molecule has 0 atom stereocenters. The van der Waals surface area contributed by atoms with Crippen LogP contribution in [0.3, 0.4) is 0 Å². The van der Waals surface area contributed by atoms with E-state index in [2.05, 4.69) is 24.7 Å². The Balaban J connectivity index is 0.00000441. The van der Waals surface area contributed by atoms with Gasteiger partial charge in [-0.3, -0.25) is 0 Å². The van der Waals surface area contributed by atoms with Gasteiger partial charge < -0.3 is 29.0 Å². The monoisotopic (exact) mass is 573 g/mol. The van der Waals surface area contributed by atoms with E-state index in [0.29, 0.717) is 5.75 Å². The van der Waals surface area contributed by atoms with Crippen molar-refractivity contribution in [1.82, 2.24) is 19.9 Å². The maximum atomic E-state index is 13.4. The first-order valence-electron chi connectivity index (χ1n) is 11.9. The van der Waals surface area contributed by atoms with E-state index in [1.54, 1.807) is 42.5 Å². The molecule has 4 rings (SSSR count). The van der Waals surface area contributed by atoms with Gasteiger partial charge in [0.2, 0.25) is 10.0 Å². The third kappa shape index (κ3) is 7.36. The van der Waals surface area contributed by atoms with Crippen molar-refractivity contribution >= 4 is 38.9 Å². The summed E-state index contributed by atoms with van der Waals surface area (Å²) in [4.78, 5) is 16.9. The molecule has 4 aromatic rings. The number of ether oxygens (including phenoxy) is 3. The molecule has 0 unspecified atom stereocenters. The molecule has 0 radical (unpaired) electrons. The minimum atomic E-state index is -4.28. The van der Waals surface area contributed by atoms with Crippen LogP contribution >= 0.6 is 0 Å². The smallest absolute Gasteiger partial charge is 0.852 e. The van der Waals surface area contributed by atoms with Gasteiger partial charge in [-0.2, -0.15) is 0 Å². The number of hydrogen-bond acceptors (Lipinski definition) is 10. The topological polar surface area (TPSA) is 151 Å². The van der Waals surface area contributed by atoms with Crippen molar-refractivity contribution in [2.45, 2.75) is 31.1 Å². The van der Waals surface area contributed by atoms with Crippen molar-refractivity contribution in [2.24, 2.45) is 0 Å². The van der Waals surface area contributed by atoms with E-state index in [-0.39, 0.29) is 74.8 Å². The molecule has 2 aromatic heterocycles. The van der Waals surface area contributed by atoms with E-state index in [9.17, 15) is 13.5 Å². The number of nitrogens with zero attached hydrogens (tertiary/aromatic N) is 5. The molecule has 40 heavy (non-hydrogen) atoms. The Kier molecular flexibility index (Phi) is 10.2. The third-order valence-electron chi connectivity index (χ3n) is 5.41. The zero-order valence-electron chi connectivity index (χ0n) is 22.6. The number of aromatic nitrogens is 4. The molecule has 2 heterocycles. The largest absolute Gasteiger partial charge is 2.00 e. The van der Waals surface area contributed by atoms with Gasteiger partial charge in [-0.25, -0.2) is 23.4 Å². The first kappa shape index (κ1) is 31.0. The first-order valence-corrected chi connectivity index (χ1v) is 13.4. The summed E-state index contributed by atoms with van der Waals surface area (Å²) in [7, 11) is -2.82. The van der Waals surface area contributed by atoms with Crippen molar-refractivity contribution < 1.29 is 27.7 Å². The molecule has 2 aromatic carbocycles.